The second-order valence-corrected chi connectivity index (χ2v) is 12.2. The Labute approximate surface area is 274 Å². The Morgan fingerprint density at radius 3 is 2.34 bits per heavy atom. The number of piperazine rings is 1. The Kier molecular flexibility index (Phi) is 11.0. The molecule has 3 aromatic rings. The van der Waals surface area contributed by atoms with Gasteiger partial charge in [0, 0.05) is 54.1 Å². The van der Waals surface area contributed by atoms with Gasteiger partial charge in [-0.2, -0.15) is 0 Å². The molecule has 44 heavy (non-hydrogen) atoms. The predicted molar refractivity (Wildman–Crippen MR) is 182 cm³/mol. The Hall–Kier alpha value is -3.37. The van der Waals surface area contributed by atoms with Crippen molar-refractivity contribution >= 4 is 69.4 Å². The number of carbonyl (C=O) groups excluding carboxylic acids is 2. The Morgan fingerprint density at radius 2 is 1.66 bits per heavy atom. The Balaban J connectivity index is 1.21. The van der Waals surface area contributed by atoms with Gasteiger partial charge >= 0.3 is 0 Å². The molecule has 5 rings (SSSR count). The van der Waals surface area contributed by atoms with E-state index >= 15 is 0 Å². The molecule has 0 bridgehead atoms. The van der Waals surface area contributed by atoms with Crippen LogP contribution in [0.2, 0.25) is 10.0 Å². The minimum Gasteiger partial charge on any atom is -0.494 e. The molecule has 2 heterocycles. The van der Waals surface area contributed by atoms with Crippen LogP contribution in [-0.4, -0.2) is 78.6 Å². The van der Waals surface area contributed by atoms with E-state index in [0.29, 0.717) is 34.7 Å². The van der Waals surface area contributed by atoms with Crippen molar-refractivity contribution in [2.75, 3.05) is 61.0 Å². The lowest BCUT2D eigenvalue weighted by Gasteiger charge is -2.36. The summed E-state index contributed by atoms with van der Waals surface area (Å²) in [5.41, 5.74) is 2.42. The summed E-state index contributed by atoms with van der Waals surface area (Å²) in [6, 6.07) is 21.5. The number of nitrogens with zero attached hydrogens (tertiary/aromatic N) is 4. The molecule has 0 unspecified atom stereocenters. The van der Waals surface area contributed by atoms with Crippen LogP contribution in [0.4, 0.5) is 17.1 Å². The number of amides is 2. The number of carbonyl (C=O) groups is 2. The molecule has 0 aromatic heterocycles. The highest BCUT2D eigenvalue weighted by molar-refractivity contribution is 7.80. The van der Waals surface area contributed by atoms with E-state index in [2.05, 4.69) is 21.2 Å². The van der Waals surface area contributed by atoms with E-state index in [1.807, 2.05) is 42.2 Å². The summed E-state index contributed by atoms with van der Waals surface area (Å²) in [7, 11) is 0. The number of ether oxygens (including phenoxy) is 1. The third-order valence-corrected chi connectivity index (χ3v) is 8.72. The maximum absolute atomic E-state index is 13.7. The molecule has 11 heteroatoms. The fourth-order valence-electron chi connectivity index (χ4n) is 5.52. The van der Waals surface area contributed by atoms with E-state index in [1.165, 1.54) is 4.90 Å². The van der Waals surface area contributed by atoms with Gasteiger partial charge in [0.2, 0.25) is 5.91 Å². The van der Waals surface area contributed by atoms with Gasteiger partial charge in [-0.05, 0) is 98.3 Å². The molecule has 1 atom stereocenters. The number of thiocarbonyl (C=S) groups is 1. The average Bonchev–Trinajstić information content (AvgIpc) is 3.25. The monoisotopic (exact) mass is 653 g/mol. The molecule has 232 valence electrons. The van der Waals surface area contributed by atoms with Gasteiger partial charge in [-0.1, -0.05) is 36.2 Å². The molecular formula is C33H37Cl2N5O3S. The largest absolute Gasteiger partial charge is 0.494 e. The molecule has 0 saturated carbocycles. The third-order valence-electron chi connectivity index (χ3n) is 7.81. The quantitative estimate of drug-likeness (QED) is 0.229. The number of anilines is 3. The second kappa shape index (κ2) is 15.1. The van der Waals surface area contributed by atoms with Crippen LogP contribution in [0.3, 0.4) is 0 Å². The summed E-state index contributed by atoms with van der Waals surface area (Å²) in [5, 5.41) is 4.64. The van der Waals surface area contributed by atoms with Gasteiger partial charge in [0.15, 0.2) is 5.11 Å². The fourth-order valence-corrected chi connectivity index (χ4v) is 6.25. The van der Waals surface area contributed by atoms with Crippen LogP contribution in [0.1, 0.15) is 26.2 Å². The van der Waals surface area contributed by atoms with Gasteiger partial charge in [-0.15, -0.1) is 0 Å². The highest BCUT2D eigenvalue weighted by atomic mass is 35.5. The molecule has 2 aliphatic heterocycles. The number of rotatable bonds is 12. The molecule has 2 fully saturated rings. The minimum absolute atomic E-state index is 0.0184. The summed E-state index contributed by atoms with van der Waals surface area (Å²) in [5.74, 6) is 0.274. The highest BCUT2D eigenvalue weighted by Gasteiger charge is 2.44. The van der Waals surface area contributed by atoms with Crippen LogP contribution in [0.15, 0.2) is 72.8 Å². The van der Waals surface area contributed by atoms with Crippen LogP contribution in [0.5, 0.6) is 5.75 Å². The van der Waals surface area contributed by atoms with Gasteiger partial charge in [0.25, 0.3) is 5.91 Å². The van der Waals surface area contributed by atoms with Crippen molar-refractivity contribution in [1.29, 1.82) is 0 Å². The zero-order valence-electron chi connectivity index (χ0n) is 24.8. The molecule has 8 nitrogen and oxygen atoms in total. The summed E-state index contributed by atoms with van der Waals surface area (Å²) in [4.78, 5) is 35.1. The number of benzene rings is 3. The maximum Gasteiger partial charge on any atom is 0.256 e. The van der Waals surface area contributed by atoms with Crippen LogP contribution < -0.4 is 19.9 Å². The van der Waals surface area contributed by atoms with E-state index in [1.54, 1.807) is 36.4 Å². The molecule has 0 spiro atoms. The zero-order valence-corrected chi connectivity index (χ0v) is 27.1. The first-order chi connectivity index (χ1) is 21.3. The van der Waals surface area contributed by atoms with Gasteiger partial charge in [-0.25, -0.2) is 0 Å². The SMILES string of the molecule is CCCOc1ccc(NC(=O)C[C@@H]2C(=O)N(c3ccc(Cl)cc3)C(=S)N2CCCN2CCN(c3cccc(Cl)c3)CC2)cc1. The molecular weight excluding hydrogens is 617 g/mol. The van der Waals surface area contributed by atoms with E-state index in [0.717, 1.165) is 62.0 Å². The molecule has 0 aliphatic carbocycles. The van der Waals surface area contributed by atoms with Crippen molar-refractivity contribution < 1.29 is 14.3 Å². The first-order valence-corrected chi connectivity index (χ1v) is 16.1. The van der Waals surface area contributed by atoms with Crippen molar-refractivity contribution in [3.63, 3.8) is 0 Å². The summed E-state index contributed by atoms with van der Waals surface area (Å²) in [6.45, 7) is 7.80. The molecule has 2 amide bonds. The van der Waals surface area contributed by atoms with E-state index < -0.39 is 6.04 Å². The molecule has 2 aliphatic rings. The van der Waals surface area contributed by atoms with Gasteiger partial charge < -0.3 is 19.9 Å². The summed E-state index contributed by atoms with van der Waals surface area (Å²) < 4.78 is 5.63. The third kappa shape index (κ3) is 8.01. The Bertz CT molecular complexity index is 1450. The molecule has 0 radical (unpaired) electrons. The molecule has 2 saturated heterocycles. The van der Waals surface area contributed by atoms with Crippen molar-refractivity contribution in [3.8, 4) is 5.75 Å². The number of hydrogen-bond donors (Lipinski definition) is 1. The maximum atomic E-state index is 13.7. The minimum atomic E-state index is -0.704. The summed E-state index contributed by atoms with van der Waals surface area (Å²) in [6.07, 6.45) is 1.70. The fraction of sp³-hybridized carbons (Fsp3) is 0.364. The first kappa shape index (κ1) is 32.0. The van der Waals surface area contributed by atoms with Crippen LogP contribution >= 0.6 is 35.4 Å². The number of halogens is 2. The average molecular weight is 655 g/mol. The van der Waals surface area contributed by atoms with Crippen molar-refractivity contribution in [3.05, 3.63) is 82.8 Å². The van der Waals surface area contributed by atoms with E-state index in [4.69, 9.17) is 40.2 Å². The second-order valence-electron chi connectivity index (χ2n) is 10.9. The van der Waals surface area contributed by atoms with Crippen molar-refractivity contribution in [1.82, 2.24) is 9.80 Å². The van der Waals surface area contributed by atoms with Crippen molar-refractivity contribution in [2.45, 2.75) is 32.2 Å². The lowest BCUT2D eigenvalue weighted by Crippen LogP contribution is -2.47. The van der Waals surface area contributed by atoms with Crippen LogP contribution in [-0.2, 0) is 9.59 Å². The van der Waals surface area contributed by atoms with Crippen LogP contribution in [0.25, 0.3) is 0 Å². The van der Waals surface area contributed by atoms with E-state index in [9.17, 15) is 9.59 Å². The van der Waals surface area contributed by atoms with Gasteiger partial charge in [0.1, 0.15) is 11.8 Å². The van der Waals surface area contributed by atoms with Gasteiger partial charge in [0.05, 0.1) is 18.7 Å². The zero-order chi connectivity index (χ0) is 31.1. The highest BCUT2D eigenvalue weighted by Crippen LogP contribution is 2.29. The van der Waals surface area contributed by atoms with Gasteiger partial charge in [-0.3, -0.25) is 19.4 Å². The smallest absolute Gasteiger partial charge is 0.256 e. The van der Waals surface area contributed by atoms with Crippen molar-refractivity contribution in [2.24, 2.45) is 0 Å². The van der Waals surface area contributed by atoms with Crippen LogP contribution in [0, 0.1) is 0 Å². The van der Waals surface area contributed by atoms with E-state index in [-0.39, 0.29) is 18.2 Å². The molecule has 1 N–H and O–H groups in total. The predicted octanol–water partition coefficient (Wildman–Crippen LogP) is 6.33. The number of hydrogen-bond acceptors (Lipinski definition) is 6. The first-order valence-electron chi connectivity index (χ1n) is 15.0. The topological polar surface area (TPSA) is 68.4 Å². The summed E-state index contributed by atoms with van der Waals surface area (Å²) >= 11 is 18.1. The standard InChI is InChI=1S/C33H37Cl2N5O3S/c1-2-21-43-29-13-9-26(10-14-29)36-31(41)23-30-32(42)40(27-11-7-24(34)8-12-27)33(44)39(30)16-4-15-37-17-19-38(20-18-37)28-6-3-5-25(35)22-28/h3,5-14,22,30H,2,4,15-21,23H2,1H3,(H,36,41)/t30-/m1/s1. The number of nitrogens with one attached hydrogen (secondary N) is 1. The Morgan fingerprint density at radius 1 is 0.932 bits per heavy atom. The normalized spacial score (nSPS) is 17.3. The lowest BCUT2D eigenvalue weighted by atomic mass is 10.1. The molecule has 3 aromatic carbocycles. The lowest BCUT2D eigenvalue weighted by molar-refractivity contribution is -0.124.